The van der Waals surface area contributed by atoms with Crippen LogP contribution >= 0.6 is 0 Å². The van der Waals surface area contributed by atoms with Crippen molar-refractivity contribution >= 4 is 82.4 Å². The third-order valence-corrected chi connectivity index (χ3v) is 15.8. The molecule has 362 valence electrons. The standard InChI is InChI=1S/C27H20.C25H20.C21H16.C2H6/c1-19-15-17-21(18-16-19)27-24-13-7-5-11-22(24)26(20-9-3-2-4-10-20)23-12-6-8-14-25(23)27;1-15-6-11-20(23-14-22(15)23)19-12-9-18-8-7-16-4-2-3-5-17-10-13-21(19)25(18)24(16)17;1-15-10-12-16(13-11-15)21-14-17-6-2-3-7-18(17)19-8-4-5-9-20(19)21;1-2/h2-18H,1H3;3-13,22-23H,2,14H2,1H3;2-14H,1H3;1-2H3. The van der Waals surface area contributed by atoms with Crippen LogP contribution in [0.5, 0.6) is 0 Å². The second-order valence-corrected chi connectivity index (χ2v) is 20.4. The van der Waals surface area contributed by atoms with E-state index in [0.29, 0.717) is 0 Å². The fourth-order valence-electron chi connectivity index (χ4n) is 12.1. The predicted octanol–water partition coefficient (Wildman–Crippen LogP) is 20.5. The number of benzene rings is 12. The number of aryl methyl sites for hydroxylation is 2. The highest BCUT2D eigenvalue weighted by Gasteiger charge is 2.43. The minimum absolute atomic E-state index is 0.742. The van der Waals surface area contributed by atoms with E-state index in [4.69, 9.17) is 0 Å². The molecule has 0 radical (unpaired) electrons. The zero-order valence-electron chi connectivity index (χ0n) is 43.7. The maximum Gasteiger partial charge on any atom is -0.00208 e. The molecule has 2 atom stereocenters. The highest BCUT2D eigenvalue weighted by atomic mass is 14.5. The number of rotatable bonds is 4. The number of hydrogen-bond donors (Lipinski definition) is 0. The number of fused-ring (bicyclic) bond motifs is 6. The van der Waals surface area contributed by atoms with Crippen molar-refractivity contribution in [2.75, 3.05) is 0 Å². The summed E-state index contributed by atoms with van der Waals surface area (Å²) in [7, 11) is 0. The van der Waals surface area contributed by atoms with E-state index in [-0.39, 0.29) is 0 Å². The van der Waals surface area contributed by atoms with Crippen molar-refractivity contribution in [3.63, 3.8) is 0 Å². The van der Waals surface area contributed by atoms with Gasteiger partial charge in [0.2, 0.25) is 0 Å². The quantitative estimate of drug-likeness (QED) is 0.122. The summed E-state index contributed by atoms with van der Waals surface area (Å²) in [6, 6.07) is 79.5. The first-order chi connectivity index (χ1) is 37.0. The predicted molar refractivity (Wildman–Crippen MR) is 328 cm³/mol. The summed E-state index contributed by atoms with van der Waals surface area (Å²) in [6.45, 7) is 10.5. The summed E-state index contributed by atoms with van der Waals surface area (Å²) >= 11 is 0. The van der Waals surface area contributed by atoms with E-state index in [1.54, 1.807) is 11.1 Å². The van der Waals surface area contributed by atoms with Gasteiger partial charge in [0.25, 0.3) is 0 Å². The van der Waals surface area contributed by atoms with Crippen LogP contribution in [0.25, 0.3) is 116 Å². The maximum absolute atomic E-state index is 2.38. The SMILES string of the molecule is CC.CC1=CC=C(c2ccc3ccc4c5c(ccc2c35)C=CCC=4)C2CC12.Cc1ccc(-c2c3ccccc3c(-c3ccccc3)c3ccccc23)cc1.Cc1ccc(-c2cc3ccccc3c3ccccc23)cc1. The van der Waals surface area contributed by atoms with Crippen molar-refractivity contribution in [2.45, 2.75) is 47.5 Å². The summed E-state index contributed by atoms with van der Waals surface area (Å²) in [4.78, 5) is 0. The van der Waals surface area contributed by atoms with Gasteiger partial charge in [-0.15, -0.1) is 0 Å². The third kappa shape index (κ3) is 8.85. The monoisotopic (exact) mass is 962 g/mol. The van der Waals surface area contributed by atoms with E-state index in [1.807, 2.05) is 13.8 Å². The number of allylic oxidation sites excluding steroid dienone is 5. The molecule has 0 spiro atoms. The highest BCUT2D eigenvalue weighted by molar-refractivity contribution is 6.22. The highest BCUT2D eigenvalue weighted by Crippen LogP contribution is 2.55. The Morgan fingerprint density at radius 1 is 0.373 bits per heavy atom. The molecule has 0 bridgehead atoms. The van der Waals surface area contributed by atoms with Gasteiger partial charge in [-0.05, 0) is 171 Å². The Balaban J connectivity index is 0.000000113. The lowest BCUT2D eigenvalue weighted by Gasteiger charge is -2.17. The molecular formula is C75H62. The minimum atomic E-state index is 0.742. The first kappa shape index (κ1) is 47.4. The lowest BCUT2D eigenvalue weighted by molar-refractivity contribution is 0.924. The summed E-state index contributed by atoms with van der Waals surface area (Å²) in [5, 5.41) is 17.5. The van der Waals surface area contributed by atoms with Crippen LogP contribution in [0, 0.1) is 25.7 Å². The Hall–Kier alpha value is -8.58. The molecule has 3 aliphatic carbocycles. The van der Waals surface area contributed by atoms with Crippen LogP contribution in [0.15, 0.2) is 242 Å². The first-order valence-electron chi connectivity index (χ1n) is 27.0. The van der Waals surface area contributed by atoms with E-state index in [1.165, 1.54) is 132 Å². The van der Waals surface area contributed by atoms with Gasteiger partial charge < -0.3 is 0 Å². The van der Waals surface area contributed by atoms with Crippen LogP contribution in [0.4, 0.5) is 0 Å². The van der Waals surface area contributed by atoms with Gasteiger partial charge in [0.15, 0.2) is 0 Å². The lowest BCUT2D eigenvalue weighted by atomic mass is 9.86. The van der Waals surface area contributed by atoms with Crippen LogP contribution < -0.4 is 5.22 Å². The second-order valence-electron chi connectivity index (χ2n) is 20.4. The zero-order valence-corrected chi connectivity index (χ0v) is 43.7. The van der Waals surface area contributed by atoms with Crippen molar-refractivity contribution in [1.82, 2.24) is 0 Å². The first-order valence-corrected chi connectivity index (χ1v) is 27.0. The summed E-state index contributed by atoms with van der Waals surface area (Å²) in [5.74, 6) is 1.54. The molecule has 2 unspecified atom stereocenters. The molecule has 0 heteroatoms. The lowest BCUT2D eigenvalue weighted by Crippen LogP contribution is -2.04. The van der Waals surface area contributed by atoms with Gasteiger partial charge in [-0.3, -0.25) is 0 Å². The van der Waals surface area contributed by atoms with Gasteiger partial charge in [0, 0.05) is 0 Å². The fourth-order valence-corrected chi connectivity index (χ4v) is 12.1. The molecule has 1 fully saturated rings. The molecule has 3 aliphatic rings. The average molecular weight is 963 g/mol. The van der Waals surface area contributed by atoms with Crippen LogP contribution in [-0.2, 0) is 0 Å². The molecule has 0 saturated heterocycles. The third-order valence-electron chi connectivity index (χ3n) is 15.8. The fraction of sp³-hybridized carbons (Fsp3) is 0.120. The normalized spacial score (nSPS) is 15.1. The summed E-state index contributed by atoms with van der Waals surface area (Å²) < 4.78 is 0. The van der Waals surface area contributed by atoms with Crippen molar-refractivity contribution in [2.24, 2.45) is 11.8 Å². The molecule has 0 N–H and O–H groups in total. The molecule has 75 heavy (non-hydrogen) atoms. The molecule has 0 heterocycles. The topological polar surface area (TPSA) is 0 Å². The Morgan fingerprint density at radius 2 is 0.920 bits per heavy atom. The molecule has 0 amide bonds. The summed E-state index contributed by atoms with van der Waals surface area (Å²) in [5.41, 5.74) is 16.3. The van der Waals surface area contributed by atoms with E-state index in [0.717, 1.165) is 18.3 Å². The van der Waals surface area contributed by atoms with Gasteiger partial charge >= 0.3 is 0 Å². The Bertz CT molecular complexity index is 4200. The van der Waals surface area contributed by atoms with Crippen LogP contribution in [0.2, 0.25) is 0 Å². The van der Waals surface area contributed by atoms with Gasteiger partial charge in [0.05, 0.1) is 0 Å². The van der Waals surface area contributed by atoms with Crippen molar-refractivity contribution in [3.05, 3.63) is 270 Å². The molecule has 1 saturated carbocycles. The minimum Gasteiger partial charge on any atom is -0.0801 e. The molecule has 0 aliphatic heterocycles. The van der Waals surface area contributed by atoms with Crippen LogP contribution in [0.3, 0.4) is 0 Å². The van der Waals surface area contributed by atoms with E-state index < -0.39 is 0 Å². The molecule has 15 rings (SSSR count). The summed E-state index contributed by atoms with van der Waals surface area (Å²) in [6.07, 6.45) is 14.0. The van der Waals surface area contributed by atoms with Crippen LogP contribution in [-0.4, -0.2) is 0 Å². The van der Waals surface area contributed by atoms with Crippen molar-refractivity contribution in [3.8, 4) is 33.4 Å². The van der Waals surface area contributed by atoms with Gasteiger partial charge in [-0.2, -0.15) is 0 Å². The van der Waals surface area contributed by atoms with E-state index in [2.05, 4.69) is 270 Å². The largest absolute Gasteiger partial charge is 0.0801 e. The zero-order chi connectivity index (χ0) is 51.0. The smallest absolute Gasteiger partial charge is 0.00208 e. The molecule has 12 aromatic carbocycles. The maximum atomic E-state index is 2.38. The molecule has 12 aromatic rings. The number of hydrogen-bond acceptors (Lipinski definition) is 0. The van der Waals surface area contributed by atoms with Crippen molar-refractivity contribution < 1.29 is 0 Å². The average Bonchev–Trinajstić information content (AvgIpc) is 4.32. The second kappa shape index (κ2) is 20.4. The Labute approximate surface area is 442 Å². The molecular weight excluding hydrogens is 901 g/mol. The van der Waals surface area contributed by atoms with E-state index >= 15 is 0 Å². The molecule has 0 aromatic heterocycles. The Kier molecular flexibility index (Phi) is 12.9. The van der Waals surface area contributed by atoms with E-state index in [9.17, 15) is 0 Å². The molecule has 0 nitrogen and oxygen atoms in total. The Morgan fingerprint density at radius 3 is 1.57 bits per heavy atom. The van der Waals surface area contributed by atoms with Gasteiger partial charge in [-0.25, -0.2) is 0 Å². The van der Waals surface area contributed by atoms with Crippen LogP contribution in [0.1, 0.15) is 55.9 Å². The van der Waals surface area contributed by atoms with Gasteiger partial charge in [0.1, 0.15) is 0 Å². The van der Waals surface area contributed by atoms with Crippen molar-refractivity contribution in [1.29, 1.82) is 0 Å². The van der Waals surface area contributed by atoms with Gasteiger partial charge in [-0.1, -0.05) is 273 Å².